The van der Waals surface area contributed by atoms with Gasteiger partial charge in [0.25, 0.3) is 0 Å². The lowest BCUT2D eigenvalue weighted by atomic mass is 9.73. The summed E-state index contributed by atoms with van der Waals surface area (Å²) in [7, 11) is 0. The van der Waals surface area contributed by atoms with E-state index in [1.54, 1.807) is 0 Å². The Morgan fingerprint density at radius 3 is 2.36 bits per heavy atom. The monoisotopic (exact) mass is 153 g/mol. The highest BCUT2D eigenvalue weighted by Crippen LogP contribution is 2.36. The van der Waals surface area contributed by atoms with Crippen LogP contribution in [0.4, 0.5) is 0 Å². The van der Waals surface area contributed by atoms with Crippen LogP contribution in [0, 0.1) is 11.8 Å². The first-order valence-corrected chi connectivity index (χ1v) is 5.11. The molecule has 2 fully saturated rings. The predicted molar refractivity (Wildman–Crippen MR) is 47.6 cm³/mol. The molecule has 1 nitrogen and oxygen atoms in total. The van der Waals surface area contributed by atoms with Crippen molar-refractivity contribution in [2.24, 2.45) is 11.8 Å². The average molecular weight is 153 g/mol. The fourth-order valence-electron chi connectivity index (χ4n) is 2.29. The SMILES string of the molecule is CCC1CC(CN2CCC2)C1. The largest absolute Gasteiger partial charge is 0.303 e. The van der Waals surface area contributed by atoms with Crippen molar-refractivity contribution in [3.8, 4) is 0 Å². The zero-order valence-electron chi connectivity index (χ0n) is 7.55. The van der Waals surface area contributed by atoms with Crippen LogP contribution in [0.3, 0.4) is 0 Å². The third-order valence-corrected chi connectivity index (χ3v) is 3.38. The molecule has 2 rings (SSSR count). The molecule has 0 spiro atoms. The number of hydrogen-bond donors (Lipinski definition) is 0. The molecular weight excluding hydrogens is 134 g/mol. The third-order valence-electron chi connectivity index (χ3n) is 3.38. The van der Waals surface area contributed by atoms with Crippen LogP contribution in [-0.2, 0) is 0 Å². The van der Waals surface area contributed by atoms with E-state index in [0.717, 1.165) is 11.8 Å². The third kappa shape index (κ3) is 1.58. The van der Waals surface area contributed by atoms with Crippen molar-refractivity contribution in [3.05, 3.63) is 0 Å². The lowest BCUT2D eigenvalue weighted by Gasteiger charge is -2.41. The van der Waals surface area contributed by atoms with Crippen LogP contribution in [-0.4, -0.2) is 24.5 Å². The van der Waals surface area contributed by atoms with Crippen molar-refractivity contribution in [2.45, 2.75) is 32.6 Å². The van der Waals surface area contributed by atoms with Crippen molar-refractivity contribution in [3.63, 3.8) is 0 Å². The molecule has 0 bridgehead atoms. The van der Waals surface area contributed by atoms with Crippen LogP contribution < -0.4 is 0 Å². The van der Waals surface area contributed by atoms with Crippen LogP contribution in [0.25, 0.3) is 0 Å². The quantitative estimate of drug-likeness (QED) is 0.600. The van der Waals surface area contributed by atoms with Gasteiger partial charge in [-0.05, 0) is 44.2 Å². The Labute approximate surface area is 69.8 Å². The van der Waals surface area contributed by atoms with Crippen molar-refractivity contribution < 1.29 is 0 Å². The smallest absolute Gasteiger partial charge is 0.000988 e. The standard InChI is InChI=1S/C10H19N/c1-2-9-6-10(7-9)8-11-4-3-5-11/h9-10H,2-8H2,1H3. The lowest BCUT2D eigenvalue weighted by molar-refractivity contribution is 0.0858. The molecule has 0 amide bonds. The van der Waals surface area contributed by atoms with Crippen LogP contribution >= 0.6 is 0 Å². The summed E-state index contributed by atoms with van der Waals surface area (Å²) in [6.07, 6.45) is 5.90. The minimum absolute atomic E-state index is 1.07. The van der Waals surface area contributed by atoms with E-state index in [1.807, 2.05) is 0 Å². The summed E-state index contributed by atoms with van der Waals surface area (Å²) in [5.41, 5.74) is 0. The normalized spacial score (nSPS) is 37.9. The molecule has 0 aromatic rings. The van der Waals surface area contributed by atoms with E-state index in [4.69, 9.17) is 0 Å². The van der Waals surface area contributed by atoms with Gasteiger partial charge in [0.15, 0.2) is 0 Å². The van der Waals surface area contributed by atoms with E-state index in [-0.39, 0.29) is 0 Å². The van der Waals surface area contributed by atoms with Crippen molar-refractivity contribution in [1.29, 1.82) is 0 Å². The first-order chi connectivity index (χ1) is 5.38. The van der Waals surface area contributed by atoms with Gasteiger partial charge >= 0.3 is 0 Å². The minimum atomic E-state index is 1.07. The molecule has 0 N–H and O–H groups in total. The Kier molecular flexibility index (Phi) is 2.17. The Morgan fingerprint density at radius 1 is 1.18 bits per heavy atom. The van der Waals surface area contributed by atoms with Gasteiger partial charge in [0.2, 0.25) is 0 Å². The Bertz CT molecular complexity index is 123. The van der Waals surface area contributed by atoms with E-state index in [1.165, 1.54) is 45.3 Å². The van der Waals surface area contributed by atoms with Gasteiger partial charge in [0, 0.05) is 6.54 Å². The van der Waals surface area contributed by atoms with Gasteiger partial charge < -0.3 is 4.90 Å². The molecule has 2 aliphatic rings. The van der Waals surface area contributed by atoms with Gasteiger partial charge in [-0.2, -0.15) is 0 Å². The molecule has 1 aliphatic heterocycles. The summed E-state index contributed by atoms with van der Waals surface area (Å²) in [5.74, 6) is 2.15. The summed E-state index contributed by atoms with van der Waals surface area (Å²) in [4.78, 5) is 2.61. The summed E-state index contributed by atoms with van der Waals surface area (Å²) < 4.78 is 0. The van der Waals surface area contributed by atoms with E-state index in [0.29, 0.717) is 0 Å². The van der Waals surface area contributed by atoms with Crippen LogP contribution in [0.1, 0.15) is 32.6 Å². The fraction of sp³-hybridized carbons (Fsp3) is 1.00. The molecular formula is C10H19N. The molecule has 11 heavy (non-hydrogen) atoms. The maximum atomic E-state index is 2.61. The van der Waals surface area contributed by atoms with Gasteiger partial charge in [0.1, 0.15) is 0 Å². The molecule has 0 unspecified atom stereocenters. The zero-order chi connectivity index (χ0) is 7.68. The van der Waals surface area contributed by atoms with E-state index in [2.05, 4.69) is 11.8 Å². The summed E-state index contributed by atoms with van der Waals surface area (Å²) in [6, 6.07) is 0. The van der Waals surface area contributed by atoms with E-state index in [9.17, 15) is 0 Å². The number of rotatable bonds is 3. The van der Waals surface area contributed by atoms with Crippen molar-refractivity contribution in [2.75, 3.05) is 19.6 Å². The first kappa shape index (κ1) is 7.60. The van der Waals surface area contributed by atoms with E-state index < -0.39 is 0 Å². The predicted octanol–water partition coefficient (Wildman–Crippen LogP) is 2.13. The summed E-state index contributed by atoms with van der Waals surface area (Å²) in [5, 5.41) is 0. The first-order valence-electron chi connectivity index (χ1n) is 5.11. The molecule has 1 saturated heterocycles. The van der Waals surface area contributed by atoms with Gasteiger partial charge in [-0.3, -0.25) is 0 Å². The van der Waals surface area contributed by atoms with Crippen LogP contribution in [0.5, 0.6) is 0 Å². The molecule has 1 saturated carbocycles. The van der Waals surface area contributed by atoms with Gasteiger partial charge in [-0.15, -0.1) is 0 Å². The number of nitrogens with zero attached hydrogens (tertiary/aromatic N) is 1. The summed E-state index contributed by atoms with van der Waals surface area (Å²) in [6.45, 7) is 6.50. The second-order valence-electron chi connectivity index (χ2n) is 4.27. The molecule has 0 aromatic carbocycles. The Hall–Kier alpha value is -0.0400. The molecule has 1 heterocycles. The molecule has 0 radical (unpaired) electrons. The van der Waals surface area contributed by atoms with Crippen molar-refractivity contribution in [1.82, 2.24) is 4.90 Å². The molecule has 0 atom stereocenters. The maximum absolute atomic E-state index is 2.61. The molecule has 0 aromatic heterocycles. The van der Waals surface area contributed by atoms with Gasteiger partial charge in [-0.25, -0.2) is 0 Å². The van der Waals surface area contributed by atoms with E-state index >= 15 is 0 Å². The molecule has 1 aliphatic carbocycles. The minimum Gasteiger partial charge on any atom is -0.303 e. The number of hydrogen-bond acceptors (Lipinski definition) is 1. The highest BCUT2D eigenvalue weighted by molar-refractivity contribution is 4.82. The molecule has 1 heteroatoms. The second-order valence-corrected chi connectivity index (χ2v) is 4.27. The average Bonchev–Trinajstić information content (AvgIpc) is 1.81. The molecule has 64 valence electrons. The number of likely N-dealkylation sites (tertiary alicyclic amines) is 1. The topological polar surface area (TPSA) is 3.24 Å². The Morgan fingerprint density at radius 2 is 1.91 bits per heavy atom. The van der Waals surface area contributed by atoms with Gasteiger partial charge in [-0.1, -0.05) is 13.3 Å². The van der Waals surface area contributed by atoms with Crippen molar-refractivity contribution >= 4 is 0 Å². The maximum Gasteiger partial charge on any atom is 0.000988 e. The van der Waals surface area contributed by atoms with Gasteiger partial charge in [0.05, 0.1) is 0 Å². The highest BCUT2D eigenvalue weighted by Gasteiger charge is 2.30. The van der Waals surface area contributed by atoms with Crippen LogP contribution in [0.2, 0.25) is 0 Å². The summed E-state index contributed by atoms with van der Waals surface area (Å²) >= 11 is 0. The fourth-order valence-corrected chi connectivity index (χ4v) is 2.29. The highest BCUT2D eigenvalue weighted by atomic mass is 15.2. The lowest BCUT2D eigenvalue weighted by Crippen LogP contribution is -2.43. The second kappa shape index (κ2) is 3.14. The zero-order valence-corrected chi connectivity index (χ0v) is 7.55. The van der Waals surface area contributed by atoms with Crippen LogP contribution in [0.15, 0.2) is 0 Å². The Balaban J connectivity index is 1.59.